The van der Waals surface area contributed by atoms with Crippen LogP contribution in [-0.2, 0) is 14.3 Å². The third-order valence-electron chi connectivity index (χ3n) is 4.57. The van der Waals surface area contributed by atoms with E-state index in [0.717, 1.165) is 25.7 Å². The first-order chi connectivity index (χ1) is 8.51. The fourth-order valence-electron chi connectivity index (χ4n) is 3.20. The molecule has 2 fully saturated rings. The van der Waals surface area contributed by atoms with Crippen molar-refractivity contribution < 1.29 is 14.3 Å². The van der Waals surface area contributed by atoms with Gasteiger partial charge >= 0.3 is 5.97 Å². The summed E-state index contributed by atoms with van der Waals surface area (Å²) in [5.41, 5.74) is 1.91. The van der Waals surface area contributed by atoms with E-state index in [1.54, 1.807) is 0 Å². The zero-order valence-electron chi connectivity index (χ0n) is 11.5. The molecule has 0 N–H and O–H groups in total. The number of hydrogen-bond acceptors (Lipinski definition) is 3. The molecule has 2 saturated heterocycles. The summed E-state index contributed by atoms with van der Waals surface area (Å²) in [4.78, 5) is 11.7. The van der Waals surface area contributed by atoms with Crippen LogP contribution in [0.3, 0.4) is 0 Å². The summed E-state index contributed by atoms with van der Waals surface area (Å²) in [5, 5.41) is 0. The van der Waals surface area contributed by atoms with Gasteiger partial charge in [-0.2, -0.15) is 0 Å². The molecule has 0 aromatic heterocycles. The number of epoxide rings is 1. The first-order valence-corrected chi connectivity index (χ1v) is 6.74. The largest absolute Gasteiger partial charge is 0.455 e. The van der Waals surface area contributed by atoms with Crippen molar-refractivity contribution in [3.8, 4) is 0 Å². The van der Waals surface area contributed by atoms with Crippen LogP contribution in [0.25, 0.3) is 0 Å². The number of esters is 1. The summed E-state index contributed by atoms with van der Waals surface area (Å²) in [5.74, 6) is -0.102. The smallest absolute Gasteiger partial charge is 0.334 e. The average molecular weight is 285 g/mol. The summed E-state index contributed by atoms with van der Waals surface area (Å²) < 4.78 is 11.3. The van der Waals surface area contributed by atoms with Crippen LogP contribution in [0, 0.1) is 5.92 Å². The number of carbonyl (C=O) groups is 1. The van der Waals surface area contributed by atoms with Gasteiger partial charge in [0.15, 0.2) is 0 Å². The zero-order valence-corrected chi connectivity index (χ0v) is 12.3. The molecule has 0 aromatic rings. The van der Waals surface area contributed by atoms with Gasteiger partial charge in [-0.1, -0.05) is 18.2 Å². The lowest BCUT2D eigenvalue weighted by atomic mass is 9.84. The highest BCUT2D eigenvalue weighted by Gasteiger charge is 2.61. The van der Waals surface area contributed by atoms with E-state index in [-0.39, 0.29) is 42.1 Å². The van der Waals surface area contributed by atoms with E-state index < -0.39 is 0 Å². The van der Waals surface area contributed by atoms with Crippen LogP contribution in [0.1, 0.15) is 39.5 Å². The Bertz CT molecular complexity index is 443. The molecule has 3 nitrogen and oxygen atoms in total. The third kappa shape index (κ3) is 2.46. The summed E-state index contributed by atoms with van der Waals surface area (Å²) in [6.07, 6.45) is 6.25. The van der Waals surface area contributed by atoms with Crippen LogP contribution in [0.15, 0.2) is 23.8 Å². The Hall–Kier alpha value is -0.800. The van der Waals surface area contributed by atoms with Crippen molar-refractivity contribution >= 4 is 18.4 Å². The van der Waals surface area contributed by atoms with Crippen LogP contribution in [0.5, 0.6) is 0 Å². The van der Waals surface area contributed by atoms with Gasteiger partial charge in [-0.3, -0.25) is 0 Å². The molecule has 2 heterocycles. The lowest BCUT2D eigenvalue weighted by Crippen LogP contribution is -2.28. The van der Waals surface area contributed by atoms with Crippen LogP contribution in [0.4, 0.5) is 0 Å². The average Bonchev–Trinajstić information content (AvgIpc) is 2.90. The fourth-order valence-corrected chi connectivity index (χ4v) is 3.20. The number of ether oxygens (including phenoxy) is 2. The van der Waals surface area contributed by atoms with Crippen molar-refractivity contribution in [3.05, 3.63) is 23.8 Å². The number of rotatable bonds is 0. The van der Waals surface area contributed by atoms with Crippen molar-refractivity contribution in [3.63, 3.8) is 0 Å². The fraction of sp³-hybridized carbons (Fsp3) is 0.667. The maximum atomic E-state index is 11.7. The van der Waals surface area contributed by atoms with Crippen molar-refractivity contribution in [2.24, 2.45) is 5.92 Å². The minimum Gasteiger partial charge on any atom is -0.455 e. The van der Waals surface area contributed by atoms with E-state index in [1.807, 2.05) is 0 Å². The molecule has 4 atom stereocenters. The Kier molecular flexibility index (Phi) is 3.80. The Morgan fingerprint density at radius 2 is 2.21 bits per heavy atom. The lowest BCUT2D eigenvalue weighted by Gasteiger charge is -2.19. The van der Waals surface area contributed by atoms with Crippen molar-refractivity contribution in [1.29, 1.82) is 0 Å². The molecule has 4 heteroatoms. The molecule has 0 bridgehead atoms. The van der Waals surface area contributed by atoms with Gasteiger partial charge in [0.25, 0.3) is 0 Å². The molecule has 1 aliphatic carbocycles. The predicted molar refractivity (Wildman–Crippen MR) is 75.3 cm³/mol. The molecule has 19 heavy (non-hydrogen) atoms. The van der Waals surface area contributed by atoms with Crippen LogP contribution in [-0.4, -0.2) is 23.8 Å². The van der Waals surface area contributed by atoms with Gasteiger partial charge in [-0.05, 0) is 39.5 Å². The van der Waals surface area contributed by atoms with Gasteiger partial charge in [0, 0.05) is 11.5 Å². The summed E-state index contributed by atoms with van der Waals surface area (Å²) >= 11 is 0. The molecule has 0 unspecified atom stereocenters. The number of hydrogen-bond donors (Lipinski definition) is 0. The normalized spacial score (nSPS) is 41.4. The van der Waals surface area contributed by atoms with E-state index in [9.17, 15) is 4.79 Å². The SMILES string of the molecule is C=C1C(=O)O[C@@H]2[C@H]3O[C@]3(C)CCC=C(C)CC[C@@H]12.Cl. The van der Waals surface area contributed by atoms with Gasteiger partial charge < -0.3 is 9.47 Å². The highest BCUT2D eigenvalue weighted by molar-refractivity contribution is 5.91. The van der Waals surface area contributed by atoms with Crippen LogP contribution < -0.4 is 0 Å². The Balaban J connectivity index is 0.00000133. The maximum absolute atomic E-state index is 11.7. The highest BCUT2D eigenvalue weighted by Crippen LogP contribution is 2.49. The van der Waals surface area contributed by atoms with Gasteiger partial charge in [-0.25, -0.2) is 4.79 Å². The van der Waals surface area contributed by atoms with E-state index in [2.05, 4.69) is 26.5 Å². The number of allylic oxidation sites excluding steroid dienone is 2. The van der Waals surface area contributed by atoms with Gasteiger partial charge in [0.05, 0.1) is 5.60 Å². The van der Waals surface area contributed by atoms with E-state index in [4.69, 9.17) is 9.47 Å². The standard InChI is InChI=1S/C15H20O3.ClH/c1-9-5-4-8-15(3)13(18-15)12-11(7-6-9)10(2)14(16)17-12;/h5,11-13H,2,4,6-8H2,1,3H3;1H/t11-,12-,13+,15+;/m0./s1. The molecule has 106 valence electrons. The molecule has 0 aromatic carbocycles. The summed E-state index contributed by atoms with van der Waals surface area (Å²) in [6.45, 7) is 8.17. The molecular weight excluding hydrogens is 264 g/mol. The number of halogens is 1. The molecule has 0 radical (unpaired) electrons. The van der Waals surface area contributed by atoms with Crippen LogP contribution in [0.2, 0.25) is 0 Å². The lowest BCUT2D eigenvalue weighted by molar-refractivity contribution is -0.140. The Morgan fingerprint density at radius 1 is 1.47 bits per heavy atom. The number of carbonyl (C=O) groups excluding carboxylic acids is 1. The molecule has 0 amide bonds. The van der Waals surface area contributed by atoms with Gasteiger partial charge in [0.2, 0.25) is 0 Å². The molecule has 3 rings (SSSR count). The van der Waals surface area contributed by atoms with Crippen molar-refractivity contribution in [2.75, 3.05) is 0 Å². The second-order valence-electron chi connectivity index (χ2n) is 5.98. The minimum absolute atomic E-state index is 0. The second-order valence-corrected chi connectivity index (χ2v) is 5.98. The van der Waals surface area contributed by atoms with Gasteiger partial charge in [0.1, 0.15) is 12.2 Å². The third-order valence-corrected chi connectivity index (χ3v) is 4.57. The molecule has 2 aliphatic heterocycles. The first kappa shape index (κ1) is 14.6. The molecule has 0 spiro atoms. The minimum atomic E-state index is -0.233. The van der Waals surface area contributed by atoms with Crippen molar-refractivity contribution in [2.45, 2.75) is 57.3 Å². The quantitative estimate of drug-likeness (QED) is 0.297. The Morgan fingerprint density at radius 3 is 2.95 bits per heavy atom. The van der Waals surface area contributed by atoms with Crippen LogP contribution >= 0.6 is 12.4 Å². The van der Waals surface area contributed by atoms with E-state index in [1.165, 1.54) is 5.57 Å². The Labute approximate surface area is 120 Å². The maximum Gasteiger partial charge on any atom is 0.334 e. The first-order valence-electron chi connectivity index (χ1n) is 6.74. The van der Waals surface area contributed by atoms with E-state index in [0.29, 0.717) is 5.57 Å². The van der Waals surface area contributed by atoms with Crippen molar-refractivity contribution in [1.82, 2.24) is 0 Å². The summed E-state index contributed by atoms with van der Waals surface area (Å²) in [7, 11) is 0. The second kappa shape index (κ2) is 4.95. The summed E-state index contributed by atoms with van der Waals surface area (Å²) in [6, 6.07) is 0. The van der Waals surface area contributed by atoms with Gasteiger partial charge in [-0.15, -0.1) is 12.4 Å². The monoisotopic (exact) mass is 284 g/mol. The topological polar surface area (TPSA) is 38.8 Å². The predicted octanol–water partition coefficient (Wildman–Crippen LogP) is 3.18. The number of fused-ring (bicyclic) bond motifs is 3. The molecule has 0 saturated carbocycles. The molecule has 3 aliphatic rings. The zero-order chi connectivity index (χ0) is 12.9. The molecular formula is C15H21ClO3. The van der Waals surface area contributed by atoms with E-state index >= 15 is 0 Å². The highest BCUT2D eigenvalue weighted by atomic mass is 35.5.